The van der Waals surface area contributed by atoms with Crippen molar-refractivity contribution in [1.82, 2.24) is 0 Å². The first-order chi connectivity index (χ1) is 9.74. The SMILES string of the molecule is CC1=CC=C[CH]1.CO[C](=[Mn])c1ccccc1.[C-]#[O+].[C-]#[O+]. The Morgan fingerprint density at radius 1 is 1.05 bits per heavy atom. The second-order valence-corrected chi connectivity index (χ2v) is 3.84. The molecule has 0 aliphatic heterocycles. The Morgan fingerprint density at radius 3 is 1.90 bits per heavy atom. The van der Waals surface area contributed by atoms with Crippen molar-refractivity contribution >= 4 is 4.60 Å². The summed E-state index contributed by atoms with van der Waals surface area (Å²) in [6, 6.07) is 9.87. The first-order valence-corrected chi connectivity index (χ1v) is 6.04. The number of allylic oxidation sites excluding steroid dienone is 4. The first kappa shape index (κ1) is 20.8. The number of benzene rings is 1. The van der Waals surface area contributed by atoms with Gasteiger partial charge in [-0.25, -0.2) is 0 Å². The van der Waals surface area contributed by atoms with Gasteiger partial charge in [-0.05, 0) is 6.92 Å². The summed E-state index contributed by atoms with van der Waals surface area (Å²) >= 11 is 3.28. The number of rotatable bonds is 2. The zero-order valence-corrected chi connectivity index (χ0v) is 12.5. The topological polar surface area (TPSA) is 49.0 Å². The molecular formula is C16H15MnO3. The molecule has 0 saturated carbocycles. The van der Waals surface area contributed by atoms with Gasteiger partial charge in [0.05, 0.1) is 0 Å². The van der Waals surface area contributed by atoms with Crippen molar-refractivity contribution in [2.75, 3.05) is 7.11 Å². The number of methoxy groups -OCH3 is 1. The van der Waals surface area contributed by atoms with Crippen molar-refractivity contribution in [1.29, 1.82) is 0 Å². The molecule has 0 N–H and O–H groups in total. The maximum atomic E-state index is 7.50. The van der Waals surface area contributed by atoms with E-state index in [9.17, 15) is 0 Å². The number of hydrogen-bond acceptors (Lipinski definition) is 1. The van der Waals surface area contributed by atoms with E-state index < -0.39 is 0 Å². The molecule has 1 aromatic carbocycles. The molecular weight excluding hydrogens is 295 g/mol. The molecule has 1 radical (unpaired) electrons. The van der Waals surface area contributed by atoms with Crippen molar-refractivity contribution < 1.29 is 29.6 Å². The fourth-order valence-corrected chi connectivity index (χ4v) is 1.35. The molecule has 0 fully saturated rings. The molecule has 1 aliphatic rings. The Hall–Kier alpha value is -1.47. The van der Waals surface area contributed by atoms with E-state index >= 15 is 0 Å². The zero-order valence-electron chi connectivity index (χ0n) is 11.3. The molecule has 0 bridgehead atoms. The van der Waals surface area contributed by atoms with Crippen molar-refractivity contribution in [3.63, 3.8) is 0 Å². The second-order valence-electron chi connectivity index (χ2n) is 3.31. The Bertz CT molecular complexity index is 464. The van der Waals surface area contributed by atoms with Crippen LogP contribution < -0.4 is 0 Å². The van der Waals surface area contributed by atoms with Crippen LogP contribution in [0.1, 0.15) is 12.5 Å². The van der Waals surface area contributed by atoms with Crippen LogP contribution in [-0.4, -0.2) is 11.7 Å². The van der Waals surface area contributed by atoms with Gasteiger partial charge in [0.1, 0.15) is 0 Å². The molecule has 2 rings (SSSR count). The van der Waals surface area contributed by atoms with Gasteiger partial charge in [-0.3, -0.25) is 0 Å². The molecule has 20 heavy (non-hydrogen) atoms. The summed E-state index contributed by atoms with van der Waals surface area (Å²) < 4.78 is 20.7. The van der Waals surface area contributed by atoms with Crippen LogP contribution in [0.4, 0.5) is 0 Å². The zero-order chi connectivity index (χ0) is 15.8. The molecule has 1 aromatic rings. The maximum absolute atomic E-state index is 7.50. The van der Waals surface area contributed by atoms with E-state index in [1.54, 1.807) is 7.11 Å². The third-order valence-electron chi connectivity index (χ3n) is 2.01. The van der Waals surface area contributed by atoms with Crippen LogP contribution in [0.15, 0.2) is 54.1 Å². The van der Waals surface area contributed by atoms with Gasteiger partial charge in [-0.2, -0.15) is 0 Å². The standard InChI is InChI=1S/C8H8O.C6H7.2CO.Mn/c1-9-7-8-5-3-2-4-6-8;1-6-4-2-3-5-6;2*1-2;/h2-6H,1H3;2-5H,1H3;;;. The molecule has 104 valence electrons. The summed E-state index contributed by atoms with van der Waals surface area (Å²) in [7, 11) is 1.64. The molecule has 4 heteroatoms. The van der Waals surface area contributed by atoms with E-state index in [2.05, 4.69) is 48.3 Å². The molecule has 0 amide bonds. The van der Waals surface area contributed by atoms with E-state index in [1.807, 2.05) is 42.5 Å². The Kier molecular flexibility index (Phi) is 16.2. The van der Waals surface area contributed by atoms with Gasteiger partial charge in [-0.15, -0.1) is 0 Å². The molecule has 1 aliphatic carbocycles. The fraction of sp³-hybridized carbons (Fsp3) is 0.125. The van der Waals surface area contributed by atoms with Gasteiger partial charge >= 0.3 is 90.5 Å². The summed E-state index contributed by atoms with van der Waals surface area (Å²) in [4.78, 5) is 0. The predicted octanol–water partition coefficient (Wildman–Crippen LogP) is 2.99. The van der Waals surface area contributed by atoms with E-state index in [0.29, 0.717) is 0 Å². The van der Waals surface area contributed by atoms with Crippen LogP contribution in [0.25, 0.3) is 0 Å². The Labute approximate surface area is 128 Å². The van der Waals surface area contributed by atoms with E-state index in [0.717, 1.165) is 10.2 Å². The van der Waals surface area contributed by atoms with Crippen molar-refractivity contribution in [2.45, 2.75) is 6.92 Å². The first-order valence-electron chi connectivity index (χ1n) is 5.45. The Balaban J connectivity index is 0. The predicted molar refractivity (Wildman–Crippen MR) is 72.6 cm³/mol. The average molecular weight is 310 g/mol. The normalized spacial score (nSPS) is 10.4. The van der Waals surface area contributed by atoms with Crippen LogP contribution in [0, 0.1) is 19.7 Å². The molecule has 0 saturated heterocycles. The molecule has 0 unspecified atom stereocenters. The van der Waals surface area contributed by atoms with Crippen molar-refractivity contribution in [3.8, 4) is 0 Å². The van der Waals surface area contributed by atoms with E-state index in [-0.39, 0.29) is 0 Å². The molecule has 0 atom stereocenters. The van der Waals surface area contributed by atoms with Crippen LogP contribution in [-0.2, 0) is 29.6 Å². The number of hydrogen-bond donors (Lipinski definition) is 0. The van der Waals surface area contributed by atoms with Gasteiger partial charge in [0, 0.05) is 6.42 Å². The molecule has 3 nitrogen and oxygen atoms in total. The summed E-state index contributed by atoms with van der Waals surface area (Å²) in [5.41, 5.74) is 2.40. The summed E-state index contributed by atoms with van der Waals surface area (Å²) in [5, 5.41) is 0. The van der Waals surface area contributed by atoms with E-state index in [4.69, 9.17) is 14.0 Å². The van der Waals surface area contributed by atoms with E-state index in [1.165, 1.54) is 5.57 Å². The third kappa shape index (κ3) is 10.5. The molecule has 0 heterocycles. The van der Waals surface area contributed by atoms with Gasteiger partial charge in [-0.1, -0.05) is 23.8 Å². The van der Waals surface area contributed by atoms with Crippen LogP contribution in [0.5, 0.6) is 0 Å². The summed E-state index contributed by atoms with van der Waals surface area (Å²) in [5.74, 6) is 0. The van der Waals surface area contributed by atoms with Crippen molar-refractivity contribution in [3.05, 3.63) is 79.4 Å². The summed E-state index contributed by atoms with van der Waals surface area (Å²) in [6.07, 6.45) is 8.24. The van der Waals surface area contributed by atoms with Crippen LogP contribution in [0.3, 0.4) is 0 Å². The molecule has 0 spiro atoms. The van der Waals surface area contributed by atoms with Gasteiger partial charge in [0.2, 0.25) is 0 Å². The fourth-order valence-electron chi connectivity index (χ4n) is 1.16. The van der Waals surface area contributed by atoms with Crippen LogP contribution >= 0.6 is 0 Å². The second kappa shape index (κ2) is 15.6. The minimum atomic E-state index is 0.771. The average Bonchev–Trinajstić information content (AvgIpc) is 3.03. The van der Waals surface area contributed by atoms with Crippen molar-refractivity contribution in [2.24, 2.45) is 0 Å². The quantitative estimate of drug-likeness (QED) is 0.470. The van der Waals surface area contributed by atoms with Gasteiger partial charge < -0.3 is 0 Å². The van der Waals surface area contributed by atoms with Gasteiger partial charge in [0.15, 0.2) is 0 Å². The Morgan fingerprint density at radius 2 is 1.60 bits per heavy atom. The van der Waals surface area contributed by atoms with Crippen LogP contribution in [0.2, 0.25) is 0 Å². The monoisotopic (exact) mass is 310 g/mol. The van der Waals surface area contributed by atoms with Gasteiger partial charge in [0.25, 0.3) is 0 Å². The minimum absolute atomic E-state index is 0.771. The molecule has 0 aromatic heterocycles. The number of ether oxygens (including phenoxy) is 1. The summed E-state index contributed by atoms with van der Waals surface area (Å²) in [6.45, 7) is 11.1. The third-order valence-corrected chi connectivity index (χ3v) is 2.59.